The predicted octanol–water partition coefficient (Wildman–Crippen LogP) is -0.696. The normalized spacial score (nSPS) is 15.2. The lowest BCUT2D eigenvalue weighted by Crippen LogP contribution is -3.00. The van der Waals surface area contributed by atoms with Crippen LogP contribution in [0.15, 0.2) is 0 Å². The fraction of sp³-hybridized carbons (Fsp3) is 1.00. The number of hydrogen-bond donors (Lipinski definition) is 1. The first kappa shape index (κ1) is 19.5. The van der Waals surface area contributed by atoms with E-state index in [9.17, 15) is 47.9 Å². The second-order valence-corrected chi connectivity index (χ2v) is 4.10. The monoisotopic (exact) mass is 319 g/mol. The van der Waals surface area contributed by atoms with Crippen molar-refractivity contribution in [3.63, 3.8) is 0 Å². The Bertz CT molecular complexity index is 394. The third-order valence-electron chi connectivity index (χ3n) is 1.44. The minimum atomic E-state index is -7.37. The van der Waals surface area contributed by atoms with Crippen molar-refractivity contribution >= 4 is 10.1 Å². The number of alkyl halides is 9. The number of halogens is 10. The molecule has 112 valence electrons. The summed E-state index contributed by atoms with van der Waals surface area (Å²) in [5.74, 6) is -14.7. The van der Waals surface area contributed by atoms with Crippen molar-refractivity contribution in [2.24, 2.45) is 0 Å². The molecule has 0 aromatic carbocycles. The SMILES string of the molecule is O=S(=O)(O)C(F)(F)C(F)(F)C(F)(F)C(F)(F)F.[F-]. The zero-order valence-electron chi connectivity index (χ0n) is 7.45. The van der Waals surface area contributed by atoms with Crippen molar-refractivity contribution < 1.29 is 57.2 Å². The summed E-state index contributed by atoms with van der Waals surface area (Å²) >= 11 is 0. The Balaban J connectivity index is 0. The number of rotatable bonds is 3. The molecule has 0 radical (unpaired) electrons. The molecule has 3 nitrogen and oxygen atoms in total. The molecule has 0 saturated heterocycles. The van der Waals surface area contributed by atoms with E-state index in [-0.39, 0.29) is 4.70 Å². The van der Waals surface area contributed by atoms with E-state index in [0.717, 1.165) is 0 Å². The Hall–Kier alpha value is -0.790. The van der Waals surface area contributed by atoms with Crippen molar-refractivity contribution in [3.8, 4) is 0 Å². The van der Waals surface area contributed by atoms with E-state index in [1.165, 1.54) is 0 Å². The largest absolute Gasteiger partial charge is 1.00 e. The van der Waals surface area contributed by atoms with E-state index in [0.29, 0.717) is 0 Å². The summed E-state index contributed by atoms with van der Waals surface area (Å²) in [4.78, 5) is 0. The van der Waals surface area contributed by atoms with Gasteiger partial charge in [0.05, 0.1) is 0 Å². The quantitative estimate of drug-likeness (QED) is 0.553. The first-order chi connectivity index (χ1) is 7.00. The van der Waals surface area contributed by atoms with Crippen molar-refractivity contribution in [1.29, 1.82) is 0 Å². The summed E-state index contributed by atoms with van der Waals surface area (Å²) in [6, 6.07) is 0. The molecule has 1 N–H and O–H groups in total. The maximum atomic E-state index is 12.2. The maximum absolute atomic E-state index is 12.2. The second-order valence-electron chi connectivity index (χ2n) is 2.64. The Labute approximate surface area is 91.7 Å². The van der Waals surface area contributed by atoms with Gasteiger partial charge in [0.1, 0.15) is 0 Å². The first-order valence-corrected chi connectivity index (χ1v) is 4.61. The summed E-state index contributed by atoms with van der Waals surface area (Å²) in [6.45, 7) is 0. The Morgan fingerprint density at radius 3 is 1.17 bits per heavy atom. The Morgan fingerprint density at radius 2 is 1.00 bits per heavy atom. The highest BCUT2D eigenvalue weighted by Gasteiger charge is 2.85. The van der Waals surface area contributed by atoms with Gasteiger partial charge in [0.15, 0.2) is 0 Å². The van der Waals surface area contributed by atoms with E-state index >= 15 is 0 Å². The zero-order chi connectivity index (χ0) is 14.5. The van der Waals surface area contributed by atoms with Crippen LogP contribution >= 0.6 is 0 Å². The van der Waals surface area contributed by atoms with Gasteiger partial charge >= 0.3 is 33.4 Å². The third-order valence-corrected chi connectivity index (χ3v) is 2.34. The molecule has 0 rings (SSSR count). The van der Waals surface area contributed by atoms with Crippen LogP contribution in [0.2, 0.25) is 0 Å². The van der Waals surface area contributed by atoms with Crippen LogP contribution in [0.25, 0.3) is 0 Å². The van der Waals surface area contributed by atoms with Gasteiger partial charge < -0.3 is 4.70 Å². The highest BCUT2D eigenvalue weighted by molar-refractivity contribution is 7.87. The van der Waals surface area contributed by atoms with E-state index in [4.69, 9.17) is 4.55 Å². The predicted molar refractivity (Wildman–Crippen MR) is 32.4 cm³/mol. The van der Waals surface area contributed by atoms with Crippen molar-refractivity contribution in [3.05, 3.63) is 0 Å². The topological polar surface area (TPSA) is 54.4 Å². The summed E-state index contributed by atoms with van der Waals surface area (Å²) in [6.07, 6.45) is -7.13. The van der Waals surface area contributed by atoms with Crippen LogP contribution in [-0.2, 0) is 10.1 Å². The lowest BCUT2D eigenvalue weighted by atomic mass is 10.1. The molecule has 0 atom stereocenters. The van der Waals surface area contributed by atoms with Gasteiger partial charge in [0, 0.05) is 0 Å². The average molecular weight is 319 g/mol. The van der Waals surface area contributed by atoms with E-state index in [2.05, 4.69) is 0 Å². The third kappa shape index (κ3) is 2.48. The van der Waals surface area contributed by atoms with Gasteiger partial charge in [-0.1, -0.05) is 0 Å². The Morgan fingerprint density at radius 1 is 0.722 bits per heavy atom. The molecule has 0 spiro atoms. The van der Waals surface area contributed by atoms with Gasteiger partial charge in [0.2, 0.25) is 0 Å². The smallest absolute Gasteiger partial charge is 0.460 e. The minimum absolute atomic E-state index is 0. The molecular weight excluding hydrogens is 318 g/mol. The van der Waals surface area contributed by atoms with Crippen molar-refractivity contribution in [2.75, 3.05) is 0 Å². The maximum Gasteiger partial charge on any atom is 0.460 e. The molecule has 0 fully saturated rings. The second kappa shape index (κ2) is 4.40. The zero-order valence-corrected chi connectivity index (χ0v) is 8.27. The molecule has 18 heavy (non-hydrogen) atoms. The molecule has 0 aliphatic carbocycles. The number of hydrogen-bond acceptors (Lipinski definition) is 2. The summed E-state index contributed by atoms with van der Waals surface area (Å²) < 4.78 is 134. The summed E-state index contributed by atoms with van der Waals surface area (Å²) in [5, 5.41) is -7.00. The van der Waals surface area contributed by atoms with Crippen LogP contribution in [0, 0.1) is 0 Å². The van der Waals surface area contributed by atoms with E-state index in [1.807, 2.05) is 0 Å². The highest BCUT2D eigenvalue weighted by Crippen LogP contribution is 2.54. The highest BCUT2D eigenvalue weighted by atomic mass is 32.2. The van der Waals surface area contributed by atoms with Gasteiger partial charge in [-0.05, 0) is 0 Å². The van der Waals surface area contributed by atoms with Crippen LogP contribution in [0.5, 0.6) is 0 Å². The van der Waals surface area contributed by atoms with Gasteiger partial charge in [-0.25, -0.2) is 0 Å². The van der Waals surface area contributed by atoms with Crippen molar-refractivity contribution in [2.45, 2.75) is 23.3 Å². The van der Waals surface area contributed by atoms with Crippen LogP contribution < -0.4 is 4.70 Å². The summed E-state index contributed by atoms with van der Waals surface area (Å²) in [7, 11) is -7.17. The molecule has 0 amide bonds. The standard InChI is InChI=1S/C4HF9O3S.FH/c5-1(6,3(9,10)11)2(7,8)4(12,13)17(14,15)16;/h(H,14,15,16);1H/p-1. The van der Waals surface area contributed by atoms with Crippen LogP contribution in [0.4, 0.5) is 39.5 Å². The minimum Gasteiger partial charge on any atom is -1.00 e. The van der Waals surface area contributed by atoms with Crippen molar-refractivity contribution in [1.82, 2.24) is 0 Å². The Kier molecular flexibility index (Phi) is 4.77. The molecule has 0 saturated carbocycles. The molecule has 0 bridgehead atoms. The molecule has 0 unspecified atom stereocenters. The lowest BCUT2D eigenvalue weighted by Gasteiger charge is -2.31. The summed E-state index contributed by atoms with van der Waals surface area (Å²) in [5.41, 5.74) is 0. The lowest BCUT2D eigenvalue weighted by molar-refractivity contribution is -0.382. The fourth-order valence-electron chi connectivity index (χ4n) is 0.523. The van der Waals surface area contributed by atoms with Crippen LogP contribution in [0.1, 0.15) is 0 Å². The van der Waals surface area contributed by atoms with Gasteiger partial charge in [-0.2, -0.15) is 47.9 Å². The van der Waals surface area contributed by atoms with Gasteiger partial charge in [-0.3, -0.25) is 4.55 Å². The molecular formula is C4HF10O3S-. The molecule has 14 heteroatoms. The van der Waals surface area contributed by atoms with E-state index < -0.39 is 33.4 Å². The molecule has 0 aliphatic rings. The molecule has 0 aliphatic heterocycles. The molecule has 0 aromatic heterocycles. The van der Waals surface area contributed by atoms with Gasteiger partial charge in [-0.15, -0.1) is 0 Å². The molecule has 0 aromatic rings. The van der Waals surface area contributed by atoms with Gasteiger partial charge in [0.25, 0.3) is 0 Å². The van der Waals surface area contributed by atoms with Crippen LogP contribution in [-0.4, -0.2) is 36.2 Å². The fourth-order valence-corrected chi connectivity index (χ4v) is 0.975. The molecule has 0 heterocycles. The van der Waals surface area contributed by atoms with Crippen LogP contribution in [0.3, 0.4) is 0 Å². The average Bonchev–Trinajstić information content (AvgIpc) is 1.98. The van der Waals surface area contributed by atoms with E-state index in [1.54, 1.807) is 0 Å². The first-order valence-electron chi connectivity index (χ1n) is 3.17.